The van der Waals surface area contributed by atoms with Gasteiger partial charge in [-0.3, -0.25) is 0 Å². The number of ether oxygens (including phenoxy) is 1. The summed E-state index contributed by atoms with van der Waals surface area (Å²) in [5, 5.41) is 9.48. The lowest BCUT2D eigenvalue weighted by Crippen LogP contribution is -2.29. The Hall–Kier alpha value is -1.22. The van der Waals surface area contributed by atoms with E-state index in [2.05, 4.69) is 4.72 Å². The number of benzene rings is 1. The quantitative estimate of drug-likeness (QED) is 0.642. The van der Waals surface area contributed by atoms with Crippen LogP contribution >= 0.6 is 0 Å². The second-order valence-electron chi connectivity index (χ2n) is 4.84. The molecule has 0 heterocycles. The molecule has 0 fully saturated rings. The monoisotopic (exact) mass is 320 g/mol. The summed E-state index contributed by atoms with van der Waals surface area (Å²) in [5.74, 6) is -0.639. The van der Waals surface area contributed by atoms with Crippen molar-refractivity contribution in [1.29, 1.82) is 0 Å². The molecule has 21 heavy (non-hydrogen) atoms. The van der Waals surface area contributed by atoms with Gasteiger partial charge in [-0.2, -0.15) is 0 Å². The van der Waals surface area contributed by atoms with Crippen LogP contribution < -0.4 is 10.5 Å². The summed E-state index contributed by atoms with van der Waals surface area (Å²) >= 11 is 0. The molecule has 4 N–H and O–H groups in total. The first-order valence-electron chi connectivity index (χ1n) is 6.42. The van der Waals surface area contributed by atoms with E-state index < -0.39 is 21.9 Å². The Bertz CT molecular complexity index is 605. The zero-order chi connectivity index (χ0) is 16.2. The van der Waals surface area contributed by atoms with Gasteiger partial charge in [-0.1, -0.05) is 0 Å². The fourth-order valence-electron chi connectivity index (χ4n) is 2.05. The van der Waals surface area contributed by atoms with Gasteiger partial charge in [0.15, 0.2) is 0 Å². The molecule has 0 aromatic heterocycles. The minimum atomic E-state index is -3.82. The highest BCUT2D eigenvalue weighted by Gasteiger charge is 2.22. The summed E-state index contributed by atoms with van der Waals surface area (Å²) in [6, 6.07) is 1.09. The molecular weight excluding hydrogens is 299 g/mol. The number of anilines is 1. The smallest absolute Gasteiger partial charge is 0.241 e. The van der Waals surface area contributed by atoms with Gasteiger partial charge in [0.25, 0.3) is 0 Å². The normalized spacial score (nSPS) is 13.4. The fourth-order valence-corrected chi connectivity index (χ4v) is 3.58. The molecule has 0 bridgehead atoms. The summed E-state index contributed by atoms with van der Waals surface area (Å²) in [6.45, 7) is 3.13. The van der Waals surface area contributed by atoms with Crippen LogP contribution in [0.2, 0.25) is 0 Å². The number of halogens is 1. The molecule has 0 amide bonds. The molecule has 0 saturated carbocycles. The molecule has 1 unspecified atom stereocenters. The van der Waals surface area contributed by atoms with Crippen LogP contribution in [-0.4, -0.2) is 39.9 Å². The third kappa shape index (κ3) is 4.37. The first kappa shape index (κ1) is 17.8. The van der Waals surface area contributed by atoms with Gasteiger partial charge in [0.05, 0.1) is 23.3 Å². The minimum absolute atomic E-state index is 0.0253. The van der Waals surface area contributed by atoms with Gasteiger partial charge in [-0.15, -0.1) is 0 Å². The standard InChI is InChI=1S/C13H21FN2O4S/c1-8-6-11(14)12(15)9(2)13(8)21(18,19)16-5-4-10(17)7-20-3/h6,10,16-17H,4-5,7,15H2,1-3H3. The maximum atomic E-state index is 13.5. The molecule has 1 rings (SSSR count). The molecule has 0 saturated heterocycles. The maximum Gasteiger partial charge on any atom is 0.241 e. The lowest BCUT2D eigenvalue weighted by Gasteiger charge is -2.15. The van der Waals surface area contributed by atoms with Crippen LogP contribution in [0, 0.1) is 19.7 Å². The number of aryl methyl sites for hydroxylation is 1. The van der Waals surface area contributed by atoms with Crippen molar-refractivity contribution in [2.45, 2.75) is 31.3 Å². The van der Waals surface area contributed by atoms with Crippen molar-refractivity contribution in [2.24, 2.45) is 0 Å². The van der Waals surface area contributed by atoms with Crippen molar-refractivity contribution in [3.05, 3.63) is 23.0 Å². The fraction of sp³-hybridized carbons (Fsp3) is 0.538. The molecule has 1 aromatic rings. The molecule has 1 atom stereocenters. The van der Waals surface area contributed by atoms with E-state index in [9.17, 15) is 17.9 Å². The average molecular weight is 320 g/mol. The first-order valence-corrected chi connectivity index (χ1v) is 7.90. The Morgan fingerprint density at radius 3 is 2.67 bits per heavy atom. The third-order valence-electron chi connectivity index (χ3n) is 3.10. The number of nitrogen functional groups attached to an aromatic ring is 1. The number of rotatable bonds is 7. The van der Waals surface area contributed by atoms with Crippen LogP contribution in [0.25, 0.3) is 0 Å². The van der Waals surface area contributed by atoms with Crippen molar-refractivity contribution in [3.63, 3.8) is 0 Å². The second-order valence-corrected chi connectivity index (χ2v) is 6.54. The summed E-state index contributed by atoms with van der Waals surface area (Å²) in [6.07, 6.45) is -0.542. The SMILES string of the molecule is COCC(O)CCNS(=O)(=O)c1c(C)cc(F)c(N)c1C. The summed E-state index contributed by atoms with van der Waals surface area (Å²) in [4.78, 5) is -0.0253. The van der Waals surface area contributed by atoms with Gasteiger partial charge in [0.2, 0.25) is 10.0 Å². The lowest BCUT2D eigenvalue weighted by molar-refractivity contribution is 0.0603. The Morgan fingerprint density at radius 1 is 1.48 bits per heavy atom. The van der Waals surface area contributed by atoms with Crippen LogP contribution in [-0.2, 0) is 14.8 Å². The topological polar surface area (TPSA) is 102 Å². The molecular formula is C13H21FN2O4S. The zero-order valence-corrected chi connectivity index (χ0v) is 13.1. The third-order valence-corrected chi connectivity index (χ3v) is 4.85. The largest absolute Gasteiger partial charge is 0.396 e. The van der Waals surface area contributed by atoms with E-state index in [1.54, 1.807) is 0 Å². The highest BCUT2D eigenvalue weighted by atomic mass is 32.2. The van der Waals surface area contributed by atoms with E-state index in [1.165, 1.54) is 21.0 Å². The first-order chi connectivity index (χ1) is 9.70. The summed E-state index contributed by atoms with van der Waals surface area (Å²) in [7, 11) is -2.37. The van der Waals surface area contributed by atoms with E-state index in [1.807, 2.05) is 0 Å². The van der Waals surface area contributed by atoms with Gasteiger partial charge < -0.3 is 15.6 Å². The van der Waals surface area contributed by atoms with Crippen LogP contribution in [0.4, 0.5) is 10.1 Å². The molecule has 120 valence electrons. The Kier molecular flexibility index (Phi) is 6.09. The molecule has 6 nitrogen and oxygen atoms in total. The van der Waals surface area contributed by atoms with E-state index >= 15 is 0 Å². The molecule has 0 radical (unpaired) electrons. The van der Waals surface area contributed by atoms with Crippen molar-refractivity contribution in [1.82, 2.24) is 4.72 Å². The highest BCUT2D eigenvalue weighted by Crippen LogP contribution is 2.27. The van der Waals surface area contributed by atoms with Crippen LogP contribution in [0.5, 0.6) is 0 Å². The average Bonchev–Trinajstić information content (AvgIpc) is 2.35. The van der Waals surface area contributed by atoms with Gasteiger partial charge in [-0.25, -0.2) is 17.5 Å². The molecule has 0 aliphatic heterocycles. The highest BCUT2D eigenvalue weighted by molar-refractivity contribution is 7.89. The van der Waals surface area contributed by atoms with Crippen molar-refractivity contribution in [2.75, 3.05) is 26.0 Å². The molecule has 1 aromatic carbocycles. The number of methoxy groups -OCH3 is 1. The summed E-state index contributed by atoms with van der Waals surface area (Å²) in [5.41, 5.74) is 5.82. The predicted molar refractivity (Wildman–Crippen MR) is 78.0 cm³/mol. The van der Waals surface area contributed by atoms with Crippen molar-refractivity contribution < 1.29 is 22.7 Å². The Balaban J connectivity index is 2.92. The Labute approximate surface area is 124 Å². The van der Waals surface area contributed by atoms with Gasteiger partial charge in [0, 0.05) is 13.7 Å². The number of nitrogens with two attached hydrogens (primary N) is 1. The van der Waals surface area contributed by atoms with E-state index in [4.69, 9.17) is 10.5 Å². The molecule has 0 aliphatic carbocycles. The molecule has 0 aliphatic rings. The van der Waals surface area contributed by atoms with Gasteiger partial charge in [-0.05, 0) is 37.5 Å². The van der Waals surface area contributed by atoms with Gasteiger partial charge >= 0.3 is 0 Å². The number of aliphatic hydroxyl groups excluding tert-OH is 1. The van der Waals surface area contributed by atoms with Crippen LogP contribution in [0.1, 0.15) is 17.5 Å². The van der Waals surface area contributed by atoms with Crippen molar-refractivity contribution >= 4 is 15.7 Å². The van der Waals surface area contributed by atoms with E-state index in [0.717, 1.165) is 6.07 Å². The number of hydrogen-bond donors (Lipinski definition) is 3. The lowest BCUT2D eigenvalue weighted by atomic mass is 10.1. The molecule has 8 heteroatoms. The van der Waals surface area contributed by atoms with E-state index in [0.29, 0.717) is 0 Å². The minimum Gasteiger partial charge on any atom is -0.396 e. The summed E-state index contributed by atoms with van der Waals surface area (Å²) < 4.78 is 45.1. The van der Waals surface area contributed by atoms with E-state index in [-0.39, 0.29) is 41.3 Å². The predicted octanol–water partition coefficient (Wildman–Crippen LogP) is 0.700. The Morgan fingerprint density at radius 2 is 2.10 bits per heavy atom. The number of sulfonamides is 1. The zero-order valence-electron chi connectivity index (χ0n) is 12.3. The number of nitrogens with one attached hydrogen (secondary N) is 1. The van der Waals surface area contributed by atoms with Crippen molar-refractivity contribution in [3.8, 4) is 0 Å². The number of aliphatic hydroxyl groups is 1. The second kappa shape index (κ2) is 7.17. The maximum absolute atomic E-state index is 13.5. The van der Waals surface area contributed by atoms with Crippen LogP contribution in [0.15, 0.2) is 11.0 Å². The number of hydrogen-bond acceptors (Lipinski definition) is 5. The van der Waals surface area contributed by atoms with Crippen LogP contribution in [0.3, 0.4) is 0 Å². The van der Waals surface area contributed by atoms with Gasteiger partial charge in [0.1, 0.15) is 5.82 Å². The molecule has 0 spiro atoms.